The minimum absolute atomic E-state index is 0.456. The summed E-state index contributed by atoms with van der Waals surface area (Å²) in [5.74, 6) is 1.48. The van der Waals surface area contributed by atoms with Crippen LogP contribution in [0, 0.1) is 0 Å². The van der Waals surface area contributed by atoms with Crippen molar-refractivity contribution in [3.63, 3.8) is 0 Å². The number of methoxy groups -OCH3 is 3. The third-order valence-electron chi connectivity index (χ3n) is 3.15. The van der Waals surface area contributed by atoms with Gasteiger partial charge in [-0.2, -0.15) is 0 Å². The molecule has 0 unspecified atom stereocenters. The van der Waals surface area contributed by atoms with Crippen LogP contribution in [0.15, 0.2) is 46.9 Å². The molecule has 2 aromatic carbocycles. The van der Waals surface area contributed by atoms with E-state index in [-0.39, 0.29) is 0 Å². The predicted molar refractivity (Wildman–Crippen MR) is 94.9 cm³/mol. The number of esters is 1. The summed E-state index contributed by atoms with van der Waals surface area (Å²) in [5, 5.41) is 0. The zero-order valence-corrected chi connectivity index (χ0v) is 15.1. The van der Waals surface area contributed by atoms with Crippen molar-refractivity contribution in [2.75, 3.05) is 21.3 Å². The molecule has 0 fully saturated rings. The van der Waals surface area contributed by atoms with Crippen molar-refractivity contribution < 1.29 is 23.7 Å². The number of benzene rings is 2. The molecule has 0 aromatic heterocycles. The maximum atomic E-state index is 12.0. The second-order valence-electron chi connectivity index (χ2n) is 4.64. The number of carbonyl (C=O) groups excluding carboxylic acids is 1. The molecule has 24 heavy (non-hydrogen) atoms. The standard InChI is InChI=1S/C18H17BrO5/c1-21-15-10-12(11-16(22-2)18(15)23-3)8-9-17(20)24-14-7-5-4-6-13(14)19/h4-11H,1-3H3. The fraction of sp³-hybridized carbons (Fsp3) is 0.167. The lowest BCUT2D eigenvalue weighted by atomic mass is 10.1. The van der Waals surface area contributed by atoms with Crippen molar-refractivity contribution >= 4 is 28.0 Å². The van der Waals surface area contributed by atoms with Gasteiger partial charge in [0.1, 0.15) is 5.75 Å². The number of para-hydroxylation sites is 1. The Hall–Kier alpha value is -2.47. The Morgan fingerprint density at radius 3 is 2.12 bits per heavy atom. The van der Waals surface area contributed by atoms with Crippen molar-refractivity contribution in [3.8, 4) is 23.0 Å². The second kappa shape index (κ2) is 8.40. The molecule has 2 rings (SSSR count). The normalized spacial score (nSPS) is 10.5. The average molecular weight is 393 g/mol. The van der Waals surface area contributed by atoms with Crippen molar-refractivity contribution in [2.45, 2.75) is 0 Å². The molecule has 126 valence electrons. The van der Waals surface area contributed by atoms with Gasteiger partial charge in [0.25, 0.3) is 0 Å². The lowest BCUT2D eigenvalue weighted by molar-refractivity contribution is -0.128. The van der Waals surface area contributed by atoms with Crippen LogP contribution in [0.2, 0.25) is 0 Å². The molecule has 2 aromatic rings. The van der Waals surface area contributed by atoms with E-state index in [0.717, 1.165) is 0 Å². The van der Waals surface area contributed by atoms with Crippen molar-refractivity contribution in [1.82, 2.24) is 0 Å². The van der Waals surface area contributed by atoms with Crippen molar-refractivity contribution in [1.29, 1.82) is 0 Å². The first-order valence-corrected chi connectivity index (χ1v) is 7.82. The molecule has 0 N–H and O–H groups in total. The third kappa shape index (κ3) is 4.29. The van der Waals surface area contributed by atoms with Crippen molar-refractivity contribution in [2.24, 2.45) is 0 Å². The van der Waals surface area contributed by atoms with Gasteiger partial charge < -0.3 is 18.9 Å². The molecule has 0 atom stereocenters. The molecular weight excluding hydrogens is 376 g/mol. The van der Waals surface area contributed by atoms with Gasteiger partial charge >= 0.3 is 5.97 Å². The minimum Gasteiger partial charge on any atom is -0.493 e. The average Bonchev–Trinajstić information content (AvgIpc) is 2.60. The number of ether oxygens (including phenoxy) is 4. The van der Waals surface area contributed by atoms with Gasteiger partial charge in [0, 0.05) is 6.08 Å². The molecule has 0 aliphatic heterocycles. The number of halogens is 1. The summed E-state index contributed by atoms with van der Waals surface area (Å²) in [4.78, 5) is 12.0. The Bertz CT molecular complexity index is 730. The molecule has 0 bridgehead atoms. The Balaban J connectivity index is 2.19. The molecule has 6 heteroatoms. The fourth-order valence-corrected chi connectivity index (χ4v) is 2.40. The van der Waals surface area contributed by atoms with E-state index in [9.17, 15) is 4.79 Å². The molecule has 0 spiro atoms. The van der Waals surface area contributed by atoms with Crippen LogP contribution >= 0.6 is 15.9 Å². The van der Waals surface area contributed by atoms with Crippen LogP contribution in [-0.2, 0) is 4.79 Å². The van der Waals surface area contributed by atoms with Crippen LogP contribution in [0.4, 0.5) is 0 Å². The van der Waals surface area contributed by atoms with E-state index in [2.05, 4.69) is 15.9 Å². The summed E-state index contributed by atoms with van der Waals surface area (Å²) in [5.41, 5.74) is 0.716. The molecule has 0 saturated heterocycles. The molecule has 5 nitrogen and oxygen atoms in total. The minimum atomic E-state index is -0.490. The van der Waals surface area contributed by atoms with E-state index in [1.807, 2.05) is 6.07 Å². The predicted octanol–water partition coefficient (Wildman–Crippen LogP) is 4.09. The highest BCUT2D eigenvalue weighted by Gasteiger charge is 2.12. The zero-order chi connectivity index (χ0) is 17.5. The van der Waals surface area contributed by atoms with Crippen LogP contribution in [0.1, 0.15) is 5.56 Å². The topological polar surface area (TPSA) is 54.0 Å². The van der Waals surface area contributed by atoms with Gasteiger partial charge in [-0.1, -0.05) is 12.1 Å². The number of hydrogen-bond acceptors (Lipinski definition) is 5. The van der Waals surface area contributed by atoms with Crippen molar-refractivity contribution in [3.05, 3.63) is 52.5 Å². The van der Waals surface area contributed by atoms with Crippen LogP contribution in [0.3, 0.4) is 0 Å². The summed E-state index contributed by atoms with van der Waals surface area (Å²) >= 11 is 3.33. The van der Waals surface area contributed by atoms with Gasteiger partial charge in [0.15, 0.2) is 11.5 Å². The van der Waals surface area contributed by atoms with Crippen LogP contribution < -0.4 is 18.9 Å². The summed E-state index contributed by atoms with van der Waals surface area (Å²) < 4.78 is 21.8. The molecule has 0 aliphatic carbocycles. The molecule has 0 heterocycles. The number of rotatable bonds is 6. The van der Waals surface area contributed by atoms with Crippen LogP contribution in [-0.4, -0.2) is 27.3 Å². The Labute approximate surface area is 148 Å². The van der Waals surface area contributed by atoms with E-state index in [0.29, 0.717) is 33.0 Å². The zero-order valence-electron chi connectivity index (χ0n) is 13.5. The van der Waals surface area contributed by atoms with Gasteiger partial charge in [-0.3, -0.25) is 0 Å². The van der Waals surface area contributed by atoms with Crippen LogP contribution in [0.5, 0.6) is 23.0 Å². The van der Waals surface area contributed by atoms with E-state index in [1.54, 1.807) is 36.4 Å². The third-order valence-corrected chi connectivity index (χ3v) is 3.80. The van der Waals surface area contributed by atoms with Crippen LogP contribution in [0.25, 0.3) is 6.08 Å². The highest BCUT2D eigenvalue weighted by atomic mass is 79.9. The van der Waals surface area contributed by atoms with Gasteiger partial charge in [0.2, 0.25) is 5.75 Å². The molecule has 0 amide bonds. The summed E-state index contributed by atoms with van der Waals surface area (Å²) in [6.07, 6.45) is 2.95. The van der Waals surface area contributed by atoms with E-state index >= 15 is 0 Å². The summed E-state index contributed by atoms with van der Waals surface area (Å²) in [6, 6.07) is 10.6. The highest BCUT2D eigenvalue weighted by molar-refractivity contribution is 9.10. The Morgan fingerprint density at radius 2 is 1.58 bits per heavy atom. The first kappa shape index (κ1) is 17.9. The van der Waals surface area contributed by atoms with E-state index < -0.39 is 5.97 Å². The molecule has 0 radical (unpaired) electrons. The lowest BCUT2D eigenvalue weighted by Gasteiger charge is -2.12. The lowest BCUT2D eigenvalue weighted by Crippen LogP contribution is -2.04. The number of carbonyl (C=O) groups is 1. The highest BCUT2D eigenvalue weighted by Crippen LogP contribution is 2.38. The molecular formula is C18H17BrO5. The Morgan fingerprint density at radius 1 is 0.958 bits per heavy atom. The molecule has 0 saturated carbocycles. The molecule has 0 aliphatic rings. The smallest absolute Gasteiger partial charge is 0.336 e. The van der Waals surface area contributed by atoms with Gasteiger partial charge in [-0.05, 0) is 51.8 Å². The first-order chi connectivity index (χ1) is 11.6. The maximum Gasteiger partial charge on any atom is 0.336 e. The second-order valence-corrected chi connectivity index (χ2v) is 5.50. The van der Waals surface area contributed by atoms with Gasteiger partial charge in [-0.15, -0.1) is 0 Å². The fourth-order valence-electron chi connectivity index (χ4n) is 2.03. The summed E-state index contributed by atoms with van der Waals surface area (Å²) in [6.45, 7) is 0. The summed E-state index contributed by atoms with van der Waals surface area (Å²) in [7, 11) is 4.60. The monoisotopic (exact) mass is 392 g/mol. The van der Waals surface area contributed by atoms with Gasteiger partial charge in [0.05, 0.1) is 25.8 Å². The maximum absolute atomic E-state index is 12.0. The van der Waals surface area contributed by atoms with E-state index in [1.165, 1.54) is 27.4 Å². The SMILES string of the molecule is COc1cc(C=CC(=O)Oc2ccccc2Br)cc(OC)c1OC. The largest absolute Gasteiger partial charge is 0.493 e. The quantitative estimate of drug-likeness (QED) is 0.420. The number of hydrogen-bond donors (Lipinski definition) is 0. The van der Waals surface area contributed by atoms with Gasteiger partial charge in [-0.25, -0.2) is 4.79 Å². The first-order valence-electron chi connectivity index (χ1n) is 7.03. The van der Waals surface area contributed by atoms with E-state index in [4.69, 9.17) is 18.9 Å². The Kier molecular flexibility index (Phi) is 6.26.